The zero-order valence-corrected chi connectivity index (χ0v) is 17.1. The number of fused-ring (bicyclic) bond motifs is 1. The van der Waals surface area contributed by atoms with Crippen molar-refractivity contribution in [2.45, 2.75) is 52.6 Å². The zero-order chi connectivity index (χ0) is 20.2. The van der Waals surface area contributed by atoms with Crippen LogP contribution in [0.25, 0.3) is 0 Å². The van der Waals surface area contributed by atoms with Gasteiger partial charge in [0.15, 0.2) is 5.82 Å². The van der Waals surface area contributed by atoms with Crippen LogP contribution in [-0.4, -0.2) is 20.8 Å². The molecule has 29 heavy (non-hydrogen) atoms. The highest BCUT2D eigenvalue weighted by Crippen LogP contribution is 2.22. The molecule has 0 radical (unpaired) electrons. The summed E-state index contributed by atoms with van der Waals surface area (Å²) < 4.78 is 2.19. The van der Waals surface area contributed by atoms with E-state index < -0.39 is 0 Å². The maximum absolute atomic E-state index is 13.2. The standard InChI is InChI=1S/C23H27N5O/c1-17-10-12-19(13-11-17)24-23(29)28(20-8-6-7-18(2)15-20)16-22-26-25-21-9-4-3-5-14-27(21)22/h6-8,10-13,15H,3-5,9,14,16H2,1-2H3,(H,24,29). The number of hydrogen-bond acceptors (Lipinski definition) is 3. The van der Waals surface area contributed by atoms with E-state index in [2.05, 4.69) is 20.1 Å². The third-order valence-electron chi connectivity index (χ3n) is 5.35. The summed E-state index contributed by atoms with van der Waals surface area (Å²) in [6, 6.07) is 15.6. The molecule has 0 spiro atoms. The Morgan fingerprint density at radius 3 is 2.66 bits per heavy atom. The number of nitrogens with one attached hydrogen (secondary N) is 1. The molecule has 1 aliphatic rings. The number of hydrogen-bond donors (Lipinski definition) is 1. The molecule has 0 unspecified atom stereocenters. The Kier molecular flexibility index (Phi) is 5.60. The number of carbonyl (C=O) groups excluding carboxylic acids is 1. The second-order valence-electron chi connectivity index (χ2n) is 7.72. The number of anilines is 2. The van der Waals surface area contributed by atoms with E-state index in [9.17, 15) is 4.79 Å². The van der Waals surface area contributed by atoms with Gasteiger partial charge in [-0.15, -0.1) is 10.2 Å². The van der Waals surface area contributed by atoms with Crippen molar-refractivity contribution in [3.8, 4) is 0 Å². The molecule has 0 aliphatic carbocycles. The number of carbonyl (C=O) groups is 1. The first kappa shape index (κ1) is 19.2. The maximum Gasteiger partial charge on any atom is 0.326 e. The van der Waals surface area contributed by atoms with Gasteiger partial charge in [0.1, 0.15) is 5.82 Å². The average Bonchev–Trinajstić information content (AvgIpc) is 2.93. The second-order valence-corrected chi connectivity index (χ2v) is 7.72. The molecular formula is C23H27N5O. The van der Waals surface area contributed by atoms with E-state index in [1.807, 2.05) is 62.4 Å². The van der Waals surface area contributed by atoms with E-state index in [-0.39, 0.29) is 6.03 Å². The van der Waals surface area contributed by atoms with E-state index in [0.29, 0.717) is 6.54 Å². The van der Waals surface area contributed by atoms with Crippen molar-refractivity contribution in [3.05, 3.63) is 71.3 Å². The first-order chi connectivity index (χ1) is 14.1. The fourth-order valence-corrected chi connectivity index (χ4v) is 3.71. The number of aryl methyl sites for hydroxylation is 3. The lowest BCUT2D eigenvalue weighted by Crippen LogP contribution is -2.35. The predicted molar refractivity (Wildman–Crippen MR) is 115 cm³/mol. The molecule has 0 fully saturated rings. The van der Waals surface area contributed by atoms with Crippen molar-refractivity contribution in [2.75, 3.05) is 10.2 Å². The van der Waals surface area contributed by atoms with E-state index in [0.717, 1.165) is 60.0 Å². The van der Waals surface area contributed by atoms with Crippen LogP contribution in [-0.2, 0) is 19.5 Å². The Morgan fingerprint density at radius 2 is 1.86 bits per heavy atom. The normalized spacial score (nSPS) is 13.4. The molecule has 2 heterocycles. The number of amides is 2. The quantitative estimate of drug-likeness (QED) is 0.693. The third kappa shape index (κ3) is 4.47. The van der Waals surface area contributed by atoms with Crippen LogP contribution in [0, 0.1) is 13.8 Å². The van der Waals surface area contributed by atoms with E-state index in [1.54, 1.807) is 4.90 Å². The molecule has 0 bridgehead atoms. The lowest BCUT2D eigenvalue weighted by molar-refractivity contribution is 0.256. The molecule has 0 atom stereocenters. The summed E-state index contributed by atoms with van der Waals surface area (Å²) in [5.41, 5.74) is 3.89. The predicted octanol–water partition coefficient (Wildman–Crippen LogP) is 4.86. The number of rotatable bonds is 4. The highest BCUT2D eigenvalue weighted by atomic mass is 16.2. The minimum absolute atomic E-state index is 0.176. The molecule has 2 amide bonds. The molecular weight excluding hydrogens is 362 g/mol. The van der Waals surface area contributed by atoms with Gasteiger partial charge < -0.3 is 9.88 Å². The zero-order valence-electron chi connectivity index (χ0n) is 17.1. The second kappa shape index (κ2) is 8.47. The van der Waals surface area contributed by atoms with Crippen molar-refractivity contribution in [2.24, 2.45) is 0 Å². The minimum atomic E-state index is -0.176. The van der Waals surface area contributed by atoms with Gasteiger partial charge in [0.25, 0.3) is 0 Å². The summed E-state index contributed by atoms with van der Waals surface area (Å²) in [5.74, 6) is 1.86. The summed E-state index contributed by atoms with van der Waals surface area (Å²) in [4.78, 5) is 15.0. The topological polar surface area (TPSA) is 63.1 Å². The summed E-state index contributed by atoms with van der Waals surface area (Å²) in [7, 11) is 0. The van der Waals surface area contributed by atoms with Gasteiger partial charge in [-0.05, 0) is 56.5 Å². The molecule has 1 aliphatic heterocycles. The Bertz CT molecular complexity index is 993. The summed E-state index contributed by atoms with van der Waals surface area (Å²) >= 11 is 0. The molecule has 3 aromatic rings. The van der Waals surface area contributed by atoms with Gasteiger partial charge in [-0.25, -0.2) is 4.79 Å². The Labute approximate surface area is 171 Å². The van der Waals surface area contributed by atoms with Crippen LogP contribution in [0.4, 0.5) is 16.2 Å². The molecule has 6 nitrogen and oxygen atoms in total. The molecule has 4 rings (SSSR count). The van der Waals surface area contributed by atoms with Crippen molar-refractivity contribution >= 4 is 17.4 Å². The van der Waals surface area contributed by atoms with Gasteiger partial charge in [-0.3, -0.25) is 4.90 Å². The lowest BCUT2D eigenvalue weighted by Gasteiger charge is -2.23. The van der Waals surface area contributed by atoms with Gasteiger partial charge in [-0.1, -0.05) is 36.2 Å². The van der Waals surface area contributed by atoms with Crippen LogP contribution in [0.5, 0.6) is 0 Å². The maximum atomic E-state index is 13.2. The van der Waals surface area contributed by atoms with Gasteiger partial charge in [0.05, 0.1) is 6.54 Å². The van der Waals surface area contributed by atoms with Crippen molar-refractivity contribution in [1.29, 1.82) is 0 Å². The van der Waals surface area contributed by atoms with Crippen molar-refractivity contribution in [1.82, 2.24) is 14.8 Å². The lowest BCUT2D eigenvalue weighted by atomic mass is 10.2. The van der Waals surface area contributed by atoms with Crippen LogP contribution in [0.3, 0.4) is 0 Å². The highest BCUT2D eigenvalue weighted by Gasteiger charge is 2.22. The molecule has 6 heteroatoms. The van der Waals surface area contributed by atoms with Gasteiger partial charge in [0, 0.05) is 24.3 Å². The molecule has 150 valence electrons. The molecule has 1 N–H and O–H groups in total. The Hall–Kier alpha value is -3.15. The highest BCUT2D eigenvalue weighted by molar-refractivity contribution is 6.01. The Morgan fingerprint density at radius 1 is 1.03 bits per heavy atom. The Balaban J connectivity index is 1.63. The summed E-state index contributed by atoms with van der Waals surface area (Å²) in [5, 5.41) is 11.8. The molecule has 1 aromatic heterocycles. The van der Waals surface area contributed by atoms with Crippen LogP contribution in [0.1, 0.15) is 42.0 Å². The van der Waals surface area contributed by atoms with Crippen LogP contribution in [0.2, 0.25) is 0 Å². The minimum Gasteiger partial charge on any atom is -0.313 e. The van der Waals surface area contributed by atoms with E-state index in [1.165, 1.54) is 6.42 Å². The molecule has 0 saturated carbocycles. The fraction of sp³-hybridized carbons (Fsp3) is 0.348. The number of aromatic nitrogens is 3. The van der Waals surface area contributed by atoms with Crippen molar-refractivity contribution < 1.29 is 4.79 Å². The van der Waals surface area contributed by atoms with Crippen LogP contribution < -0.4 is 10.2 Å². The smallest absolute Gasteiger partial charge is 0.313 e. The monoisotopic (exact) mass is 389 g/mol. The molecule has 2 aromatic carbocycles. The third-order valence-corrected chi connectivity index (χ3v) is 5.35. The van der Waals surface area contributed by atoms with Crippen LogP contribution in [0.15, 0.2) is 48.5 Å². The first-order valence-corrected chi connectivity index (χ1v) is 10.2. The fourth-order valence-electron chi connectivity index (χ4n) is 3.71. The van der Waals surface area contributed by atoms with Gasteiger partial charge >= 0.3 is 6.03 Å². The largest absolute Gasteiger partial charge is 0.326 e. The van der Waals surface area contributed by atoms with Gasteiger partial charge in [0.2, 0.25) is 0 Å². The van der Waals surface area contributed by atoms with Crippen molar-refractivity contribution in [3.63, 3.8) is 0 Å². The summed E-state index contributed by atoms with van der Waals surface area (Å²) in [6.45, 7) is 5.36. The number of urea groups is 1. The number of benzene rings is 2. The SMILES string of the molecule is Cc1ccc(NC(=O)N(Cc2nnc3n2CCCCC3)c2cccc(C)c2)cc1. The average molecular weight is 390 g/mol. The van der Waals surface area contributed by atoms with E-state index >= 15 is 0 Å². The molecule has 0 saturated heterocycles. The number of nitrogens with zero attached hydrogens (tertiary/aromatic N) is 4. The first-order valence-electron chi connectivity index (χ1n) is 10.2. The van der Waals surface area contributed by atoms with E-state index in [4.69, 9.17) is 0 Å². The summed E-state index contributed by atoms with van der Waals surface area (Å²) in [6.07, 6.45) is 4.43. The van der Waals surface area contributed by atoms with Gasteiger partial charge in [-0.2, -0.15) is 0 Å². The van der Waals surface area contributed by atoms with Crippen LogP contribution >= 0.6 is 0 Å².